The van der Waals surface area contributed by atoms with E-state index in [0.717, 1.165) is 13.0 Å². The number of anilines is 2. The highest BCUT2D eigenvalue weighted by atomic mass is 35.5. The fraction of sp³-hybridized carbons (Fsp3) is 0.200. The van der Waals surface area contributed by atoms with Gasteiger partial charge in [0, 0.05) is 29.6 Å². The van der Waals surface area contributed by atoms with Crippen molar-refractivity contribution in [2.75, 3.05) is 17.2 Å². The molecule has 0 fully saturated rings. The molecular formula is C15H15ClFN3O. The van der Waals surface area contributed by atoms with E-state index >= 15 is 0 Å². The lowest BCUT2D eigenvalue weighted by molar-refractivity contribution is 0.102. The van der Waals surface area contributed by atoms with Crippen molar-refractivity contribution in [3.8, 4) is 0 Å². The first-order valence-corrected chi connectivity index (χ1v) is 6.93. The van der Waals surface area contributed by atoms with Crippen LogP contribution >= 0.6 is 11.6 Å². The van der Waals surface area contributed by atoms with Crippen LogP contribution in [0.2, 0.25) is 5.02 Å². The van der Waals surface area contributed by atoms with Gasteiger partial charge < -0.3 is 10.6 Å². The van der Waals surface area contributed by atoms with Gasteiger partial charge in [-0.25, -0.2) is 4.39 Å². The van der Waals surface area contributed by atoms with Crippen molar-refractivity contribution in [3.05, 3.63) is 53.1 Å². The first kappa shape index (κ1) is 15.3. The van der Waals surface area contributed by atoms with Crippen molar-refractivity contribution in [1.29, 1.82) is 0 Å². The molecule has 0 aliphatic heterocycles. The van der Waals surface area contributed by atoms with Gasteiger partial charge in [0.15, 0.2) is 0 Å². The second kappa shape index (κ2) is 7.04. The third-order valence-electron chi connectivity index (χ3n) is 2.75. The van der Waals surface area contributed by atoms with Crippen LogP contribution in [0.5, 0.6) is 0 Å². The molecule has 6 heteroatoms. The molecule has 1 amide bonds. The molecule has 0 saturated heterocycles. The largest absolute Gasteiger partial charge is 0.384 e. The van der Waals surface area contributed by atoms with Gasteiger partial charge >= 0.3 is 0 Å². The van der Waals surface area contributed by atoms with Gasteiger partial charge in [0.1, 0.15) is 5.82 Å². The number of rotatable bonds is 5. The van der Waals surface area contributed by atoms with Gasteiger partial charge in [0.2, 0.25) is 0 Å². The topological polar surface area (TPSA) is 54.0 Å². The lowest BCUT2D eigenvalue weighted by Crippen LogP contribution is -2.15. The maximum atomic E-state index is 13.3. The summed E-state index contributed by atoms with van der Waals surface area (Å²) in [5, 5.41) is 5.99. The normalized spacial score (nSPS) is 10.2. The van der Waals surface area contributed by atoms with Crippen molar-refractivity contribution in [1.82, 2.24) is 4.98 Å². The maximum absolute atomic E-state index is 13.3. The van der Waals surface area contributed by atoms with Crippen LogP contribution in [0.4, 0.5) is 15.8 Å². The molecule has 0 aliphatic carbocycles. The lowest BCUT2D eigenvalue weighted by atomic mass is 10.2. The summed E-state index contributed by atoms with van der Waals surface area (Å²) in [6.07, 6.45) is 4.00. The Labute approximate surface area is 127 Å². The Kier molecular flexibility index (Phi) is 5.11. The van der Waals surface area contributed by atoms with Crippen molar-refractivity contribution in [2.24, 2.45) is 0 Å². The molecule has 4 nitrogen and oxygen atoms in total. The molecule has 2 rings (SSSR count). The van der Waals surface area contributed by atoms with Crippen LogP contribution < -0.4 is 10.6 Å². The van der Waals surface area contributed by atoms with Crippen LogP contribution in [-0.2, 0) is 0 Å². The Morgan fingerprint density at radius 1 is 1.38 bits per heavy atom. The molecule has 0 aliphatic rings. The Morgan fingerprint density at radius 2 is 2.19 bits per heavy atom. The molecule has 0 saturated carbocycles. The summed E-state index contributed by atoms with van der Waals surface area (Å²) in [6.45, 7) is 2.78. The zero-order valence-corrected chi connectivity index (χ0v) is 12.2. The highest BCUT2D eigenvalue weighted by Gasteiger charge is 2.12. The Morgan fingerprint density at radius 3 is 2.90 bits per heavy atom. The number of carbonyl (C=O) groups is 1. The predicted molar refractivity (Wildman–Crippen MR) is 82.4 cm³/mol. The maximum Gasteiger partial charge on any atom is 0.259 e. The van der Waals surface area contributed by atoms with E-state index < -0.39 is 5.82 Å². The summed E-state index contributed by atoms with van der Waals surface area (Å²) in [4.78, 5) is 16.2. The zero-order chi connectivity index (χ0) is 15.2. The van der Waals surface area contributed by atoms with E-state index in [2.05, 4.69) is 15.6 Å². The van der Waals surface area contributed by atoms with Gasteiger partial charge in [0.05, 0.1) is 11.3 Å². The van der Waals surface area contributed by atoms with Gasteiger partial charge in [0.25, 0.3) is 5.91 Å². The molecule has 2 N–H and O–H groups in total. The minimum Gasteiger partial charge on any atom is -0.384 e. The van der Waals surface area contributed by atoms with Crippen LogP contribution in [0.25, 0.3) is 0 Å². The van der Waals surface area contributed by atoms with Crippen molar-refractivity contribution >= 4 is 28.9 Å². The number of pyridine rings is 1. The van der Waals surface area contributed by atoms with Gasteiger partial charge in [-0.15, -0.1) is 0 Å². The number of amides is 1. The monoisotopic (exact) mass is 307 g/mol. The lowest BCUT2D eigenvalue weighted by Gasteiger charge is -2.11. The van der Waals surface area contributed by atoms with Crippen LogP contribution in [-0.4, -0.2) is 17.4 Å². The second-order valence-electron chi connectivity index (χ2n) is 4.46. The number of nitrogens with one attached hydrogen (secondary N) is 2. The van der Waals surface area contributed by atoms with Crippen LogP contribution in [0, 0.1) is 5.82 Å². The zero-order valence-electron chi connectivity index (χ0n) is 11.5. The van der Waals surface area contributed by atoms with Gasteiger partial charge in [-0.2, -0.15) is 0 Å². The third kappa shape index (κ3) is 4.16. The van der Waals surface area contributed by atoms with E-state index in [1.54, 1.807) is 12.3 Å². The molecule has 110 valence electrons. The van der Waals surface area contributed by atoms with E-state index in [4.69, 9.17) is 11.6 Å². The van der Waals surface area contributed by atoms with E-state index in [1.807, 2.05) is 6.92 Å². The minimum absolute atomic E-state index is 0.223. The smallest absolute Gasteiger partial charge is 0.259 e. The van der Waals surface area contributed by atoms with Crippen molar-refractivity contribution in [3.63, 3.8) is 0 Å². The summed E-state index contributed by atoms with van der Waals surface area (Å²) in [5.74, 6) is -0.878. The summed E-state index contributed by atoms with van der Waals surface area (Å²) < 4.78 is 13.3. The SMILES string of the molecule is CCCNc1ccncc1C(=O)Nc1cc(F)cc(Cl)c1. The highest BCUT2D eigenvalue weighted by Crippen LogP contribution is 2.20. The molecule has 1 aromatic carbocycles. The van der Waals surface area contributed by atoms with Crippen molar-refractivity contribution < 1.29 is 9.18 Å². The molecule has 0 unspecified atom stereocenters. The Balaban J connectivity index is 2.20. The third-order valence-corrected chi connectivity index (χ3v) is 2.97. The average molecular weight is 308 g/mol. The summed E-state index contributed by atoms with van der Waals surface area (Å²) in [5.41, 5.74) is 1.38. The number of carbonyl (C=O) groups excluding carboxylic acids is 1. The summed E-state index contributed by atoms with van der Waals surface area (Å²) in [7, 11) is 0. The number of hydrogen-bond acceptors (Lipinski definition) is 3. The predicted octanol–water partition coefficient (Wildman–Crippen LogP) is 3.95. The quantitative estimate of drug-likeness (QED) is 0.879. The average Bonchev–Trinajstić information content (AvgIpc) is 2.44. The Hall–Kier alpha value is -2.14. The first-order chi connectivity index (χ1) is 10.1. The fourth-order valence-corrected chi connectivity index (χ4v) is 2.04. The van der Waals surface area contributed by atoms with Crippen LogP contribution in [0.1, 0.15) is 23.7 Å². The summed E-state index contributed by atoms with van der Waals surface area (Å²) in [6, 6.07) is 5.59. The fourth-order valence-electron chi connectivity index (χ4n) is 1.81. The molecule has 21 heavy (non-hydrogen) atoms. The van der Waals surface area contributed by atoms with Gasteiger partial charge in [-0.05, 0) is 30.7 Å². The number of nitrogens with zero attached hydrogens (tertiary/aromatic N) is 1. The van der Waals surface area contributed by atoms with Crippen LogP contribution in [0.3, 0.4) is 0 Å². The van der Waals surface area contributed by atoms with E-state index in [1.165, 1.54) is 24.4 Å². The molecule has 1 heterocycles. The van der Waals surface area contributed by atoms with Gasteiger partial charge in [-0.3, -0.25) is 9.78 Å². The molecule has 0 bridgehead atoms. The van der Waals surface area contributed by atoms with Crippen molar-refractivity contribution in [2.45, 2.75) is 13.3 Å². The molecule has 1 aromatic heterocycles. The summed E-state index contributed by atoms with van der Waals surface area (Å²) >= 11 is 5.76. The van der Waals surface area contributed by atoms with E-state index in [0.29, 0.717) is 16.9 Å². The first-order valence-electron chi connectivity index (χ1n) is 6.55. The van der Waals surface area contributed by atoms with E-state index in [-0.39, 0.29) is 10.9 Å². The van der Waals surface area contributed by atoms with Crippen LogP contribution in [0.15, 0.2) is 36.7 Å². The standard InChI is InChI=1S/C15H15ClFN3O/c1-2-4-19-14-3-5-18-9-13(14)15(21)20-12-7-10(16)6-11(17)8-12/h3,5-9H,2,4H2,1H3,(H,18,19)(H,20,21). The van der Waals surface area contributed by atoms with Gasteiger partial charge in [-0.1, -0.05) is 18.5 Å². The van der Waals surface area contributed by atoms with E-state index in [9.17, 15) is 9.18 Å². The highest BCUT2D eigenvalue weighted by molar-refractivity contribution is 6.31. The molecule has 0 spiro atoms. The minimum atomic E-state index is -0.506. The number of hydrogen-bond donors (Lipinski definition) is 2. The molecular weight excluding hydrogens is 293 g/mol. The molecule has 0 radical (unpaired) electrons. The Bertz CT molecular complexity index is 628. The number of aromatic nitrogens is 1. The molecule has 2 aromatic rings. The number of benzene rings is 1. The number of halogens is 2. The molecule has 0 atom stereocenters. The second-order valence-corrected chi connectivity index (χ2v) is 4.90.